The van der Waals surface area contributed by atoms with Crippen LogP contribution < -0.4 is 4.74 Å². The number of ketones is 1. The molecule has 1 unspecified atom stereocenters. The molecule has 1 aromatic heterocycles. The largest absolute Gasteiger partial charge is 0.496 e. The van der Waals surface area contributed by atoms with E-state index in [2.05, 4.69) is 26.1 Å². The van der Waals surface area contributed by atoms with Crippen molar-refractivity contribution < 1.29 is 14.1 Å². The van der Waals surface area contributed by atoms with Gasteiger partial charge in [0.1, 0.15) is 11.5 Å². The van der Waals surface area contributed by atoms with Gasteiger partial charge < -0.3 is 9.26 Å². The Morgan fingerprint density at radius 3 is 2.62 bits per heavy atom. The van der Waals surface area contributed by atoms with Crippen LogP contribution in [0.1, 0.15) is 32.6 Å². The minimum absolute atomic E-state index is 0.0242. The fraction of sp³-hybridized carbons (Fsp3) is 0.400. The third-order valence-electron chi connectivity index (χ3n) is 3.22. The number of halogens is 1. The Morgan fingerprint density at radius 2 is 2.10 bits per heavy atom. The molecule has 5 nitrogen and oxygen atoms in total. The van der Waals surface area contributed by atoms with Gasteiger partial charge in [-0.15, -0.1) is 0 Å². The van der Waals surface area contributed by atoms with E-state index in [4.69, 9.17) is 9.26 Å². The highest BCUT2D eigenvalue weighted by atomic mass is 79.9. The van der Waals surface area contributed by atoms with E-state index in [9.17, 15) is 4.79 Å². The van der Waals surface area contributed by atoms with Gasteiger partial charge in [0, 0.05) is 5.56 Å². The molecule has 0 fully saturated rings. The zero-order chi connectivity index (χ0) is 15.6. The molecular weight excluding hydrogens is 336 g/mol. The first kappa shape index (κ1) is 15.7. The molecule has 0 N–H and O–H groups in total. The number of benzene rings is 1. The maximum absolute atomic E-state index is 11.7. The zero-order valence-corrected chi connectivity index (χ0v) is 14.0. The van der Waals surface area contributed by atoms with Crippen LogP contribution in [0, 0.1) is 5.92 Å². The third-order valence-corrected chi connectivity index (χ3v) is 3.84. The highest BCUT2D eigenvalue weighted by Crippen LogP contribution is 2.31. The minimum atomic E-state index is -0.368. The van der Waals surface area contributed by atoms with Crippen molar-refractivity contribution in [3.63, 3.8) is 0 Å². The average Bonchev–Trinajstić information content (AvgIpc) is 2.87. The molecule has 2 rings (SSSR count). The SMILES string of the molecule is COc1ccc(-c2noc(C(C(C)=O)C(C)C)n2)cc1Br. The summed E-state index contributed by atoms with van der Waals surface area (Å²) >= 11 is 3.42. The summed E-state index contributed by atoms with van der Waals surface area (Å²) in [7, 11) is 1.60. The van der Waals surface area contributed by atoms with Crippen LogP contribution in [-0.2, 0) is 4.79 Å². The second-order valence-corrected chi connectivity index (χ2v) is 5.99. The fourth-order valence-electron chi connectivity index (χ4n) is 2.21. The number of carbonyl (C=O) groups excluding carboxylic acids is 1. The molecule has 0 aliphatic heterocycles. The number of carbonyl (C=O) groups is 1. The van der Waals surface area contributed by atoms with Gasteiger partial charge in [-0.1, -0.05) is 19.0 Å². The van der Waals surface area contributed by atoms with Gasteiger partial charge in [-0.05, 0) is 47.0 Å². The number of nitrogens with zero attached hydrogens (tertiary/aromatic N) is 2. The second-order valence-electron chi connectivity index (χ2n) is 5.14. The van der Waals surface area contributed by atoms with Crippen molar-refractivity contribution in [3.05, 3.63) is 28.6 Å². The predicted octanol–water partition coefficient (Wildman–Crippen LogP) is 3.84. The molecule has 6 heteroatoms. The van der Waals surface area contributed by atoms with Crippen LogP contribution in [0.5, 0.6) is 5.75 Å². The van der Waals surface area contributed by atoms with Crippen LogP contribution >= 0.6 is 15.9 Å². The molecule has 1 atom stereocenters. The number of Topliss-reactive ketones (excluding diaryl/α,β-unsaturated/α-hetero) is 1. The summed E-state index contributed by atoms with van der Waals surface area (Å²) in [6.07, 6.45) is 0. The number of methoxy groups -OCH3 is 1. The van der Waals surface area contributed by atoms with Gasteiger partial charge >= 0.3 is 0 Å². The summed E-state index contributed by atoms with van der Waals surface area (Å²) in [5.74, 6) is 1.31. The van der Waals surface area contributed by atoms with Crippen molar-refractivity contribution >= 4 is 21.7 Å². The summed E-state index contributed by atoms with van der Waals surface area (Å²) in [4.78, 5) is 16.1. The first-order chi connectivity index (χ1) is 9.93. The van der Waals surface area contributed by atoms with Crippen LogP contribution in [0.15, 0.2) is 27.2 Å². The van der Waals surface area contributed by atoms with Gasteiger partial charge in [0.2, 0.25) is 11.7 Å². The van der Waals surface area contributed by atoms with E-state index in [0.717, 1.165) is 15.8 Å². The number of aromatic nitrogens is 2. The lowest BCUT2D eigenvalue weighted by Gasteiger charge is -2.12. The van der Waals surface area contributed by atoms with Crippen LogP contribution in [-0.4, -0.2) is 23.0 Å². The quantitative estimate of drug-likeness (QED) is 0.817. The Bertz CT molecular complexity index is 652. The van der Waals surface area contributed by atoms with E-state index in [1.165, 1.54) is 0 Å². The fourth-order valence-corrected chi connectivity index (χ4v) is 2.75. The van der Waals surface area contributed by atoms with Gasteiger partial charge in [0.25, 0.3) is 0 Å². The van der Waals surface area contributed by atoms with Crippen molar-refractivity contribution in [1.29, 1.82) is 0 Å². The van der Waals surface area contributed by atoms with E-state index in [-0.39, 0.29) is 17.6 Å². The Labute approximate surface area is 131 Å². The maximum Gasteiger partial charge on any atom is 0.237 e. The van der Waals surface area contributed by atoms with E-state index in [0.29, 0.717) is 11.7 Å². The van der Waals surface area contributed by atoms with E-state index in [1.54, 1.807) is 14.0 Å². The number of hydrogen-bond acceptors (Lipinski definition) is 5. The van der Waals surface area contributed by atoms with Crippen molar-refractivity contribution in [2.75, 3.05) is 7.11 Å². The Kier molecular flexibility index (Phi) is 4.77. The van der Waals surface area contributed by atoms with E-state index < -0.39 is 0 Å². The zero-order valence-electron chi connectivity index (χ0n) is 12.4. The molecule has 0 amide bonds. The molecule has 112 valence electrons. The normalized spacial score (nSPS) is 12.5. The van der Waals surface area contributed by atoms with E-state index >= 15 is 0 Å². The summed E-state index contributed by atoms with van der Waals surface area (Å²) in [6.45, 7) is 5.46. The molecule has 0 aliphatic carbocycles. The van der Waals surface area contributed by atoms with Crippen molar-refractivity contribution in [3.8, 4) is 17.1 Å². The standard InChI is InChI=1S/C15H17BrN2O3/c1-8(2)13(9(3)19)15-17-14(18-21-15)10-5-6-12(20-4)11(16)7-10/h5-8,13H,1-4H3. The van der Waals surface area contributed by atoms with Gasteiger partial charge in [-0.3, -0.25) is 4.79 Å². The minimum Gasteiger partial charge on any atom is -0.496 e. The summed E-state index contributed by atoms with van der Waals surface area (Å²) in [5.41, 5.74) is 0.795. The molecule has 1 aromatic carbocycles. The van der Waals surface area contributed by atoms with Crippen molar-refractivity contribution in [1.82, 2.24) is 10.1 Å². The topological polar surface area (TPSA) is 65.2 Å². The Balaban J connectivity index is 2.35. The smallest absolute Gasteiger partial charge is 0.237 e. The molecule has 21 heavy (non-hydrogen) atoms. The Hall–Kier alpha value is -1.69. The third kappa shape index (κ3) is 3.32. The lowest BCUT2D eigenvalue weighted by atomic mass is 9.92. The van der Waals surface area contributed by atoms with Crippen LogP contribution in [0.25, 0.3) is 11.4 Å². The van der Waals surface area contributed by atoms with Crippen LogP contribution in [0.2, 0.25) is 0 Å². The van der Waals surface area contributed by atoms with Crippen molar-refractivity contribution in [2.45, 2.75) is 26.7 Å². The molecule has 2 aromatic rings. The molecule has 0 saturated heterocycles. The highest BCUT2D eigenvalue weighted by Gasteiger charge is 2.27. The summed E-state index contributed by atoms with van der Waals surface area (Å²) < 4.78 is 11.3. The maximum atomic E-state index is 11.7. The Morgan fingerprint density at radius 1 is 1.38 bits per heavy atom. The van der Waals surface area contributed by atoms with Gasteiger partial charge in [-0.2, -0.15) is 4.98 Å². The molecule has 0 radical (unpaired) electrons. The number of rotatable bonds is 5. The van der Waals surface area contributed by atoms with Crippen LogP contribution in [0.4, 0.5) is 0 Å². The molecule has 0 bridgehead atoms. The lowest BCUT2D eigenvalue weighted by molar-refractivity contribution is -0.119. The number of ether oxygens (including phenoxy) is 1. The summed E-state index contributed by atoms with van der Waals surface area (Å²) in [5, 5.41) is 3.97. The molecule has 0 spiro atoms. The van der Waals surface area contributed by atoms with Crippen molar-refractivity contribution in [2.24, 2.45) is 5.92 Å². The van der Waals surface area contributed by atoms with Gasteiger partial charge in [-0.25, -0.2) is 0 Å². The van der Waals surface area contributed by atoms with Crippen LogP contribution in [0.3, 0.4) is 0 Å². The average molecular weight is 353 g/mol. The molecule has 1 heterocycles. The predicted molar refractivity (Wildman–Crippen MR) is 82.2 cm³/mol. The second kappa shape index (κ2) is 6.39. The summed E-state index contributed by atoms with van der Waals surface area (Å²) in [6, 6.07) is 5.52. The molecular formula is C15H17BrN2O3. The lowest BCUT2D eigenvalue weighted by Crippen LogP contribution is -2.15. The first-order valence-electron chi connectivity index (χ1n) is 6.62. The van der Waals surface area contributed by atoms with Gasteiger partial charge in [0.05, 0.1) is 17.5 Å². The first-order valence-corrected chi connectivity index (χ1v) is 7.41. The highest BCUT2D eigenvalue weighted by molar-refractivity contribution is 9.10. The number of hydrogen-bond donors (Lipinski definition) is 0. The van der Waals surface area contributed by atoms with E-state index in [1.807, 2.05) is 32.0 Å². The van der Waals surface area contributed by atoms with Gasteiger partial charge in [0.15, 0.2) is 0 Å². The molecule has 0 saturated carbocycles. The monoisotopic (exact) mass is 352 g/mol. The molecule has 0 aliphatic rings.